The van der Waals surface area contributed by atoms with Crippen molar-refractivity contribution in [2.24, 2.45) is 0 Å². The Morgan fingerprint density at radius 2 is 0.745 bits per heavy atom. The Labute approximate surface area is 267 Å². The normalized spacial score (nSPS) is 13.5. The molecule has 5 nitrogen and oxygen atoms in total. The van der Waals surface area contributed by atoms with Crippen LogP contribution in [0.3, 0.4) is 0 Å². The lowest BCUT2D eigenvalue weighted by molar-refractivity contribution is 0.0891. The molecule has 0 fully saturated rings. The monoisotopic (exact) mass is 605 g/mol. The predicted molar refractivity (Wildman–Crippen MR) is 189 cm³/mol. The number of Topliss-reactive ketones (excluding diaryl/α,β-unsaturated/α-hetero) is 2. The molecule has 0 saturated heterocycles. The summed E-state index contributed by atoms with van der Waals surface area (Å²) in [4.78, 5) is 54.7. The Morgan fingerprint density at radius 1 is 0.404 bits per heavy atom. The Morgan fingerprint density at radius 3 is 1.15 bits per heavy atom. The number of hydrogen-bond acceptors (Lipinski definition) is 4. The number of benzene rings is 9. The zero-order valence-electron chi connectivity index (χ0n) is 25.4. The molecule has 1 aliphatic rings. The zero-order chi connectivity index (χ0) is 31.9. The summed E-state index contributed by atoms with van der Waals surface area (Å²) >= 11 is 0. The minimum absolute atomic E-state index is 0.0762. The van der Waals surface area contributed by atoms with E-state index in [2.05, 4.69) is 24.3 Å². The van der Waals surface area contributed by atoms with Gasteiger partial charge in [0.2, 0.25) is 0 Å². The fourth-order valence-corrected chi connectivity index (χ4v) is 8.37. The van der Waals surface area contributed by atoms with Crippen LogP contribution in [0, 0.1) is 0 Å². The lowest BCUT2D eigenvalue weighted by Gasteiger charge is -2.28. The molecule has 0 saturated carbocycles. The molecule has 1 aliphatic heterocycles. The molecule has 0 spiro atoms. The van der Waals surface area contributed by atoms with E-state index in [9.17, 15) is 19.2 Å². The molecule has 1 heterocycles. The van der Waals surface area contributed by atoms with Crippen LogP contribution in [0.1, 0.15) is 55.3 Å². The number of ketones is 2. The van der Waals surface area contributed by atoms with Gasteiger partial charge in [0, 0.05) is 33.0 Å². The van der Waals surface area contributed by atoms with Gasteiger partial charge in [-0.05, 0) is 103 Å². The minimum Gasteiger partial charge on any atom is -0.294 e. The number of para-hydroxylation sites is 1. The maximum atomic E-state index is 13.9. The van der Waals surface area contributed by atoms with Crippen molar-refractivity contribution < 1.29 is 19.2 Å². The number of imide groups is 1. The summed E-state index contributed by atoms with van der Waals surface area (Å²) in [6.07, 6.45) is 0. The van der Waals surface area contributed by atoms with E-state index in [4.69, 9.17) is 0 Å². The van der Waals surface area contributed by atoms with Crippen molar-refractivity contribution in [1.82, 2.24) is 0 Å². The summed E-state index contributed by atoms with van der Waals surface area (Å²) in [5.41, 5.74) is 2.68. The topological polar surface area (TPSA) is 71.5 Å². The minimum atomic E-state index is -0.326. The van der Waals surface area contributed by atoms with Crippen molar-refractivity contribution in [3.63, 3.8) is 0 Å². The first-order valence-corrected chi connectivity index (χ1v) is 15.6. The number of amides is 2. The first kappa shape index (κ1) is 26.1. The fraction of sp³-hybridized carbons (Fsp3) is 0.0476. The molecule has 0 atom stereocenters. The molecule has 10 rings (SSSR count). The van der Waals surface area contributed by atoms with Gasteiger partial charge in [0.25, 0.3) is 11.8 Å². The molecule has 0 N–H and O–H groups in total. The predicted octanol–water partition coefficient (Wildman–Crippen LogP) is 9.84. The molecular formula is C42H23NO4. The lowest BCUT2D eigenvalue weighted by atomic mass is 9.81. The van der Waals surface area contributed by atoms with E-state index in [1.54, 1.807) is 26.0 Å². The van der Waals surface area contributed by atoms with Gasteiger partial charge in [-0.15, -0.1) is 0 Å². The third-order valence-electron chi connectivity index (χ3n) is 10.3. The zero-order valence-corrected chi connectivity index (χ0v) is 25.4. The van der Waals surface area contributed by atoms with E-state index in [1.807, 2.05) is 66.7 Å². The van der Waals surface area contributed by atoms with E-state index < -0.39 is 0 Å². The SMILES string of the molecule is CC(=O)c1ccc2c3ccc4c5ccc6c7c(ccc(c8ccc(c9ccc(C(C)=O)c1c29)c3c48)c75)C(=O)N(c1ccccc1)C6=O. The average molecular weight is 606 g/mol. The maximum Gasteiger partial charge on any atom is 0.265 e. The van der Waals surface area contributed by atoms with Crippen LogP contribution in [0.4, 0.5) is 5.69 Å². The summed E-state index contributed by atoms with van der Waals surface area (Å²) in [6.45, 7) is 3.09. The molecular weight excluding hydrogens is 582 g/mol. The Kier molecular flexibility index (Phi) is 4.85. The molecule has 0 radical (unpaired) electrons. The molecule has 220 valence electrons. The first-order valence-electron chi connectivity index (χ1n) is 15.6. The number of anilines is 1. The summed E-state index contributed by atoms with van der Waals surface area (Å²) in [6, 6.07) is 33.1. The van der Waals surface area contributed by atoms with Crippen LogP contribution >= 0.6 is 0 Å². The van der Waals surface area contributed by atoms with E-state index in [-0.39, 0.29) is 23.4 Å². The lowest BCUT2D eigenvalue weighted by Crippen LogP contribution is -2.40. The molecule has 9 aromatic rings. The van der Waals surface area contributed by atoms with Crippen molar-refractivity contribution in [1.29, 1.82) is 0 Å². The smallest absolute Gasteiger partial charge is 0.265 e. The Balaban J connectivity index is 1.35. The van der Waals surface area contributed by atoms with E-state index >= 15 is 0 Å². The van der Waals surface area contributed by atoms with Crippen LogP contribution < -0.4 is 4.90 Å². The second-order valence-corrected chi connectivity index (χ2v) is 12.6. The third-order valence-corrected chi connectivity index (χ3v) is 10.3. The molecule has 0 aromatic heterocycles. The molecule has 0 bridgehead atoms. The second kappa shape index (κ2) is 8.74. The highest BCUT2D eigenvalue weighted by Gasteiger charge is 2.35. The molecule has 0 aliphatic carbocycles. The van der Waals surface area contributed by atoms with Gasteiger partial charge in [-0.2, -0.15) is 0 Å². The number of carbonyl (C=O) groups is 4. The van der Waals surface area contributed by atoms with Crippen molar-refractivity contribution >= 4 is 104 Å². The number of rotatable bonds is 3. The van der Waals surface area contributed by atoms with E-state index in [1.165, 1.54) is 4.90 Å². The number of nitrogens with zero attached hydrogens (tertiary/aromatic N) is 1. The number of hydrogen-bond donors (Lipinski definition) is 0. The van der Waals surface area contributed by atoms with Gasteiger partial charge < -0.3 is 0 Å². The molecule has 47 heavy (non-hydrogen) atoms. The molecule has 0 unspecified atom stereocenters. The van der Waals surface area contributed by atoms with E-state index in [0.717, 1.165) is 64.6 Å². The molecule has 5 heteroatoms. The highest BCUT2D eigenvalue weighted by molar-refractivity contribution is 6.46. The van der Waals surface area contributed by atoms with Crippen LogP contribution in [0.2, 0.25) is 0 Å². The summed E-state index contributed by atoms with van der Waals surface area (Å²) in [7, 11) is 0. The van der Waals surface area contributed by atoms with Gasteiger partial charge in [-0.1, -0.05) is 78.9 Å². The fourth-order valence-electron chi connectivity index (χ4n) is 8.37. The second-order valence-electron chi connectivity index (χ2n) is 12.6. The van der Waals surface area contributed by atoms with Gasteiger partial charge >= 0.3 is 0 Å². The van der Waals surface area contributed by atoms with Crippen molar-refractivity contribution in [3.05, 3.63) is 125 Å². The summed E-state index contributed by atoms with van der Waals surface area (Å²) in [5.74, 6) is -0.804. The van der Waals surface area contributed by atoms with Gasteiger partial charge in [-0.3, -0.25) is 19.2 Å². The van der Waals surface area contributed by atoms with Crippen LogP contribution in [0.5, 0.6) is 0 Å². The number of carbonyl (C=O) groups excluding carboxylic acids is 4. The first-order chi connectivity index (χ1) is 22.8. The van der Waals surface area contributed by atoms with Crippen LogP contribution in [0.15, 0.2) is 103 Å². The van der Waals surface area contributed by atoms with Gasteiger partial charge in [-0.25, -0.2) is 4.90 Å². The van der Waals surface area contributed by atoms with Crippen molar-refractivity contribution in [2.75, 3.05) is 4.90 Å². The molecule has 2 amide bonds. The van der Waals surface area contributed by atoms with Crippen molar-refractivity contribution in [2.45, 2.75) is 13.8 Å². The van der Waals surface area contributed by atoms with Gasteiger partial charge in [0.15, 0.2) is 11.6 Å². The quantitative estimate of drug-likeness (QED) is 0.0870. The summed E-state index contributed by atoms with van der Waals surface area (Å²) in [5, 5.41) is 13.6. The van der Waals surface area contributed by atoms with Crippen LogP contribution in [-0.4, -0.2) is 23.4 Å². The number of fused-ring (bicyclic) bond motifs is 4. The largest absolute Gasteiger partial charge is 0.294 e. The highest BCUT2D eigenvalue weighted by Crippen LogP contribution is 2.49. The van der Waals surface area contributed by atoms with Crippen molar-refractivity contribution in [3.8, 4) is 0 Å². The van der Waals surface area contributed by atoms with Gasteiger partial charge in [0.05, 0.1) is 5.69 Å². The standard InChI is InChI=1S/C42H23NO4/c1-20(44)23-8-10-25-27-12-14-29-31-16-18-33-40-34(42(47)43(41(33)46)22-6-4-3-5-7-22)19-17-32(39(31)40)30-15-13-28(37(27)38(29)30)26-11-9-24(21(2)45)35(23)36(25)26/h3-19H,1-2H3. The third kappa shape index (κ3) is 3.08. The molecule has 9 aromatic carbocycles. The van der Waals surface area contributed by atoms with Crippen LogP contribution in [0.25, 0.3) is 75.4 Å². The summed E-state index contributed by atoms with van der Waals surface area (Å²) < 4.78 is 0. The average Bonchev–Trinajstić information content (AvgIpc) is 3.09. The van der Waals surface area contributed by atoms with Gasteiger partial charge in [0.1, 0.15) is 0 Å². The maximum absolute atomic E-state index is 13.9. The Bertz CT molecular complexity index is 2770. The highest BCUT2D eigenvalue weighted by atomic mass is 16.2. The van der Waals surface area contributed by atoms with Crippen LogP contribution in [-0.2, 0) is 0 Å². The van der Waals surface area contributed by atoms with E-state index in [0.29, 0.717) is 38.7 Å². The Hall–Kier alpha value is -6.20.